The molecule has 0 amide bonds. The van der Waals surface area contributed by atoms with E-state index in [9.17, 15) is 13.2 Å². The Morgan fingerprint density at radius 2 is 1.80 bits per heavy atom. The van der Waals surface area contributed by atoms with Crippen molar-refractivity contribution in [3.63, 3.8) is 0 Å². The van der Waals surface area contributed by atoms with Crippen LogP contribution in [0.4, 0.5) is 0 Å². The van der Waals surface area contributed by atoms with Crippen LogP contribution in [-0.2, 0) is 25.8 Å². The molecule has 158 valence electrons. The first kappa shape index (κ1) is 21.8. The molecular formula is C23H26N2O4S. The highest BCUT2D eigenvalue weighted by Crippen LogP contribution is 2.25. The Labute approximate surface area is 177 Å². The standard InChI is InChI=1S/C23H26N2O4S/c1-5-29-23(26)14-22-24-21(16(2)3)15-25(22)19-11-9-17(10-12-19)18-7-6-8-20(13-18)30(4,27)28/h6-13,15-16H,5,14H2,1-4H3. The number of sulfone groups is 1. The lowest BCUT2D eigenvalue weighted by atomic mass is 10.1. The molecule has 0 aliphatic carbocycles. The first-order valence-electron chi connectivity index (χ1n) is 9.83. The van der Waals surface area contributed by atoms with E-state index in [0.717, 1.165) is 22.5 Å². The molecule has 0 spiro atoms. The summed E-state index contributed by atoms with van der Waals surface area (Å²) < 4.78 is 30.7. The molecule has 1 aromatic heterocycles. The van der Waals surface area contributed by atoms with Crippen LogP contribution in [0, 0.1) is 0 Å². The van der Waals surface area contributed by atoms with Crippen molar-refractivity contribution >= 4 is 15.8 Å². The van der Waals surface area contributed by atoms with Gasteiger partial charge in [0, 0.05) is 18.1 Å². The van der Waals surface area contributed by atoms with Gasteiger partial charge in [-0.05, 0) is 48.2 Å². The molecule has 0 radical (unpaired) electrons. The predicted molar refractivity (Wildman–Crippen MR) is 117 cm³/mol. The molecule has 30 heavy (non-hydrogen) atoms. The molecule has 0 unspecified atom stereocenters. The van der Waals surface area contributed by atoms with Crippen LogP contribution in [-0.4, -0.2) is 36.8 Å². The third-order valence-electron chi connectivity index (χ3n) is 4.74. The average molecular weight is 427 g/mol. The monoisotopic (exact) mass is 426 g/mol. The van der Waals surface area contributed by atoms with E-state index in [0.29, 0.717) is 12.4 Å². The Morgan fingerprint density at radius 3 is 2.40 bits per heavy atom. The van der Waals surface area contributed by atoms with Gasteiger partial charge in [-0.3, -0.25) is 4.79 Å². The summed E-state index contributed by atoms with van der Waals surface area (Å²) in [6.07, 6.45) is 3.24. The van der Waals surface area contributed by atoms with Gasteiger partial charge in [-0.25, -0.2) is 13.4 Å². The van der Waals surface area contributed by atoms with E-state index in [4.69, 9.17) is 4.74 Å². The lowest BCUT2D eigenvalue weighted by Crippen LogP contribution is -2.11. The zero-order chi connectivity index (χ0) is 21.9. The largest absolute Gasteiger partial charge is 0.466 e. The van der Waals surface area contributed by atoms with Crippen molar-refractivity contribution in [1.82, 2.24) is 9.55 Å². The van der Waals surface area contributed by atoms with Crippen molar-refractivity contribution in [2.75, 3.05) is 12.9 Å². The molecule has 6 nitrogen and oxygen atoms in total. The fourth-order valence-corrected chi connectivity index (χ4v) is 3.79. The van der Waals surface area contributed by atoms with Crippen molar-refractivity contribution in [1.29, 1.82) is 0 Å². The first-order valence-corrected chi connectivity index (χ1v) is 11.7. The number of esters is 1. The summed E-state index contributed by atoms with van der Waals surface area (Å²) in [7, 11) is -3.27. The highest BCUT2D eigenvalue weighted by Gasteiger charge is 2.16. The van der Waals surface area contributed by atoms with E-state index >= 15 is 0 Å². The van der Waals surface area contributed by atoms with Crippen LogP contribution < -0.4 is 0 Å². The van der Waals surface area contributed by atoms with Gasteiger partial charge in [-0.2, -0.15) is 0 Å². The second-order valence-corrected chi connectivity index (χ2v) is 9.45. The summed E-state index contributed by atoms with van der Waals surface area (Å²) in [6.45, 7) is 6.22. The number of imidazole rings is 1. The van der Waals surface area contributed by atoms with E-state index in [1.807, 2.05) is 41.1 Å². The van der Waals surface area contributed by atoms with Gasteiger partial charge in [0.2, 0.25) is 0 Å². The lowest BCUT2D eigenvalue weighted by molar-refractivity contribution is -0.142. The second-order valence-electron chi connectivity index (χ2n) is 7.44. The average Bonchev–Trinajstić information content (AvgIpc) is 3.12. The minimum absolute atomic E-state index is 0.0959. The maximum absolute atomic E-state index is 12.0. The van der Waals surface area contributed by atoms with Crippen LogP contribution in [0.25, 0.3) is 16.8 Å². The third-order valence-corrected chi connectivity index (χ3v) is 5.85. The van der Waals surface area contributed by atoms with E-state index in [1.54, 1.807) is 25.1 Å². The van der Waals surface area contributed by atoms with Gasteiger partial charge in [0.1, 0.15) is 12.2 Å². The smallest absolute Gasteiger partial charge is 0.313 e. The molecule has 3 aromatic rings. The van der Waals surface area contributed by atoms with Crippen LogP contribution >= 0.6 is 0 Å². The zero-order valence-electron chi connectivity index (χ0n) is 17.6. The van der Waals surface area contributed by atoms with Gasteiger partial charge in [-0.15, -0.1) is 0 Å². The Balaban J connectivity index is 1.95. The molecule has 0 N–H and O–H groups in total. The molecule has 1 heterocycles. The SMILES string of the molecule is CCOC(=O)Cc1nc(C(C)C)cn1-c1ccc(-c2cccc(S(C)(=O)=O)c2)cc1. The van der Waals surface area contributed by atoms with Crippen molar-refractivity contribution < 1.29 is 17.9 Å². The molecule has 3 rings (SSSR count). The van der Waals surface area contributed by atoms with Gasteiger partial charge < -0.3 is 9.30 Å². The van der Waals surface area contributed by atoms with Gasteiger partial charge in [0.15, 0.2) is 9.84 Å². The van der Waals surface area contributed by atoms with E-state index in [2.05, 4.69) is 18.8 Å². The Bertz CT molecular complexity index is 1150. The third kappa shape index (κ3) is 4.97. The topological polar surface area (TPSA) is 78.3 Å². The maximum Gasteiger partial charge on any atom is 0.313 e. The Hall–Kier alpha value is -2.93. The zero-order valence-corrected chi connectivity index (χ0v) is 18.4. The Morgan fingerprint density at radius 1 is 1.10 bits per heavy atom. The number of aromatic nitrogens is 2. The summed E-state index contributed by atoms with van der Waals surface area (Å²) >= 11 is 0. The number of nitrogens with zero attached hydrogens (tertiary/aromatic N) is 2. The fraction of sp³-hybridized carbons (Fsp3) is 0.304. The fourth-order valence-electron chi connectivity index (χ4n) is 3.13. The minimum Gasteiger partial charge on any atom is -0.466 e. The molecule has 2 aromatic carbocycles. The molecule has 0 aliphatic heterocycles. The van der Waals surface area contributed by atoms with E-state index in [1.165, 1.54) is 6.26 Å². The predicted octanol–water partition coefficient (Wildman–Crippen LogP) is 4.17. The molecule has 7 heteroatoms. The van der Waals surface area contributed by atoms with Crippen molar-refractivity contribution in [2.45, 2.75) is 38.0 Å². The summed E-state index contributed by atoms with van der Waals surface area (Å²) in [5, 5.41) is 0. The maximum atomic E-state index is 12.0. The number of hydrogen-bond donors (Lipinski definition) is 0. The molecule has 0 saturated heterocycles. The second kappa shape index (κ2) is 8.83. The van der Waals surface area contributed by atoms with Crippen molar-refractivity contribution in [2.24, 2.45) is 0 Å². The summed E-state index contributed by atoms with van der Waals surface area (Å²) in [4.78, 5) is 16.9. The van der Waals surface area contributed by atoms with Crippen LogP contribution in [0.1, 0.15) is 38.2 Å². The summed E-state index contributed by atoms with van der Waals surface area (Å²) in [6, 6.07) is 14.6. The molecule has 0 atom stereocenters. The Kier molecular flexibility index (Phi) is 6.41. The van der Waals surface area contributed by atoms with Crippen LogP contribution in [0.15, 0.2) is 59.6 Å². The number of benzene rings is 2. The number of carbonyl (C=O) groups is 1. The number of rotatable bonds is 7. The molecular weight excluding hydrogens is 400 g/mol. The quantitative estimate of drug-likeness (QED) is 0.530. The molecule has 0 bridgehead atoms. The number of ether oxygens (including phenoxy) is 1. The highest BCUT2D eigenvalue weighted by molar-refractivity contribution is 7.90. The van der Waals surface area contributed by atoms with Crippen molar-refractivity contribution in [3.8, 4) is 16.8 Å². The van der Waals surface area contributed by atoms with Gasteiger partial charge >= 0.3 is 5.97 Å². The molecule has 0 saturated carbocycles. The first-order chi connectivity index (χ1) is 14.2. The van der Waals surface area contributed by atoms with Crippen LogP contribution in [0.2, 0.25) is 0 Å². The number of hydrogen-bond acceptors (Lipinski definition) is 5. The van der Waals surface area contributed by atoms with Crippen molar-refractivity contribution in [3.05, 3.63) is 66.2 Å². The molecule has 0 fully saturated rings. The van der Waals surface area contributed by atoms with Crippen LogP contribution in [0.5, 0.6) is 0 Å². The highest BCUT2D eigenvalue weighted by atomic mass is 32.2. The minimum atomic E-state index is -3.27. The van der Waals surface area contributed by atoms with Gasteiger partial charge in [0.25, 0.3) is 0 Å². The van der Waals surface area contributed by atoms with E-state index < -0.39 is 9.84 Å². The normalized spacial score (nSPS) is 11.6. The molecule has 0 aliphatic rings. The lowest BCUT2D eigenvalue weighted by Gasteiger charge is -2.09. The van der Waals surface area contributed by atoms with Gasteiger partial charge in [-0.1, -0.05) is 38.1 Å². The summed E-state index contributed by atoms with van der Waals surface area (Å²) in [5.74, 6) is 0.544. The summed E-state index contributed by atoms with van der Waals surface area (Å²) in [5.41, 5.74) is 3.50. The van der Waals surface area contributed by atoms with Gasteiger partial charge in [0.05, 0.1) is 17.2 Å². The van der Waals surface area contributed by atoms with Crippen LogP contribution in [0.3, 0.4) is 0 Å². The number of carbonyl (C=O) groups excluding carboxylic acids is 1. The van der Waals surface area contributed by atoms with E-state index in [-0.39, 0.29) is 23.2 Å².